The molecule has 0 aliphatic heterocycles. The highest BCUT2D eigenvalue weighted by atomic mass is 19.4. The molecule has 1 aliphatic rings. The topological polar surface area (TPSA) is 49.5 Å². The fourth-order valence-corrected chi connectivity index (χ4v) is 2.51. The monoisotopic (exact) mass is 288 g/mol. The Balaban J connectivity index is 2.33. The van der Waals surface area contributed by atoms with E-state index >= 15 is 0 Å². The summed E-state index contributed by atoms with van der Waals surface area (Å²) in [5.74, 6) is 0. The van der Waals surface area contributed by atoms with Crippen LogP contribution >= 0.6 is 0 Å². The predicted molar refractivity (Wildman–Crippen MR) is 71.4 cm³/mol. The van der Waals surface area contributed by atoms with Crippen LogP contribution in [-0.2, 0) is 12.7 Å². The maximum atomic E-state index is 12.7. The van der Waals surface area contributed by atoms with E-state index in [0.717, 1.165) is 31.4 Å². The number of alkyl halides is 3. The van der Waals surface area contributed by atoms with E-state index in [-0.39, 0.29) is 13.2 Å². The quantitative estimate of drug-likeness (QED) is 0.875. The molecule has 0 unspecified atom stereocenters. The van der Waals surface area contributed by atoms with E-state index in [1.54, 1.807) is 0 Å². The van der Waals surface area contributed by atoms with Crippen molar-refractivity contribution in [1.82, 2.24) is 0 Å². The number of rotatable bonds is 5. The molecule has 112 valence electrons. The number of benzene rings is 1. The maximum Gasteiger partial charge on any atom is 0.416 e. The van der Waals surface area contributed by atoms with Gasteiger partial charge in [-0.3, -0.25) is 0 Å². The summed E-state index contributed by atoms with van der Waals surface area (Å²) in [6.45, 7) is 0.443. The Bertz CT molecular complexity index is 458. The minimum Gasteiger partial charge on any atom is -0.395 e. The van der Waals surface area contributed by atoms with E-state index in [9.17, 15) is 13.2 Å². The van der Waals surface area contributed by atoms with Gasteiger partial charge in [-0.25, -0.2) is 0 Å². The molecule has 1 aromatic carbocycles. The number of halogens is 3. The van der Waals surface area contributed by atoms with Gasteiger partial charge in [-0.05, 0) is 43.0 Å². The van der Waals surface area contributed by atoms with Crippen LogP contribution in [0.1, 0.15) is 30.4 Å². The van der Waals surface area contributed by atoms with Crippen molar-refractivity contribution in [1.29, 1.82) is 0 Å². The van der Waals surface area contributed by atoms with Gasteiger partial charge in [-0.15, -0.1) is 0 Å². The first kappa shape index (κ1) is 15.1. The number of nitrogens with two attached hydrogens (primary N) is 1. The summed E-state index contributed by atoms with van der Waals surface area (Å²) in [7, 11) is 0. The molecular formula is C14H19F3N2O. The van der Waals surface area contributed by atoms with Crippen LogP contribution in [-0.4, -0.2) is 24.3 Å². The number of nitrogens with zero attached hydrogens (tertiary/aromatic N) is 1. The molecule has 0 saturated heterocycles. The zero-order valence-corrected chi connectivity index (χ0v) is 11.2. The second kappa shape index (κ2) is 6.01. The first-order valence-electron chi connectivity index (χ1n) is 6.75. The van der Waals surface area contributed by atoms with Crippen molar-refractivity contribution in [3.63, 3.8) is 0 Å². The van der Waals surface area contributed by atoms with E-state index < -0.39 is 11.7 Å². The molecular weight excluding hydrogens is 269 g/mol. The standard InChI is InChI=1S/C14H19F3N2O/c15-14(16,17)11-4-5-13(10(8-11)9-18)19(6-7-20)12-2-1-3-12/h4-5,8,12,20H,1-3,6-7,9,18H2. The first-order valence-corrected chi connectivity index (χ1v) is 6.75. The Labute approximate surface area is 116 Å². The molecule has 0 spiro atoms. The number of aliphatic hydroxyl groups excluding tert-OH is 1. The molecule has 0 heterocycles. The van der Waals surface area contributed by atoms with Crippen LogP contribution in [0.2, 0.25) is 0 Å². The van der Waals surface area contributed by atoms with Crippen molar-refractivity contribution >= 4 is 5.69 Å². The minimum absolute atomic E-state index is 0.0263. The third-order valence-corrected chi connectivity index (χ3v) is 3.79. The Morgan fingerprint density at radius 1 is 1.30 bits per heavy atom. The first-order chi connectivity index (χ1) is 9.47. The van der Waals surface area contributed by atoms with Crippen LogP contribution in [0, 0.1) is 0 Å². The van der Waals surface area contributed by atoms with Gasteiger partial charge in [0.25, 0.3) is 0 Å². The van der Waals surface area contributed by atoms with Crippen LogP contribution in [0.5, 0.6) is 0 Å². The zero-order chi connectivity index (χ0) is 14.8. The molecule has 0 bridgehead atoms. The molecule has 20 heavy (non-hydrogen) atoms. The fourth-order valence-electron chi connectivity index (χ4n) is 2.51. The molecule has 0 amide bonds. The van der Waals surface area contributed by atoms with Gasteiger partial charge in [0.1, 0.15) is 0 Å². The number of aliphatic hydroxyl groups is 1. The summed E-state index contributed by atoms with van der Waals surface area (Å²) < 4.78 is 38.2. The Hall–Kier alpha value is -1.27. The normalized spacial score (nSPS) is 16.1. The summed E-state index contributed by atoms with van der Waals surface area (Å²) in [6, 6.07) is 3.96. The Morgan fingerprint density at radius 3 is 2.45 bits per heavy atom. The fraction of sp³-hybridized carbons (Fsp3) is 0.571. The van der Waals surface area contributed by atoms with Gasteiger partial charge in [-0.1, -0.05) is 0 Å². The third kappa shape index (κ3) is 3.07. The van der Waals surface area contributed by atoms with E-state index in [2.05, 4.69) is 0 Å². The molecule has 1 aliphatic carbocycles. The average Bonchev–Trinajstić information content (AvgIpc) is 2.34. The lowest BCUT2D eigenvalue weighted by Crippen LogP contribution is -2.42. The second-order valence-corrected chi connectivity index (χ2v) is 5.05. The average molecular weight is 288 g/mol. The molecule has 0 atom stereocenters. The lowest BCUT2D eigenvalue weighted by Gasteiger charge is -2.40. The van der Waals surface area contributed by atoms with Crippen LogP contribution < -0.4 is 10.6 Å². The molecule has 1 aromatic rings. The maximum absolute atomic E-state index is 12.7. The van der Waals surface area contributed by atoms with E-state index in [0.29, 0.717) is 23.8 Å². The van der Waals surface area contributed by atoms with Crippen molar-refractivity contribution in [3.8, 4) is 0 Å². The zero-order valence-electron chi connectivity index (χ0n) is 11.2. The van der Waals surface area contributed by atoms with Crippen molar-refractivity contribution in [2.24, 2.45) is 5.73 Å². The highest BCUT2D eigenvalue weighted by molar-refractivity contribution is 5.56. The van der Waals surface area contributed by atoms with Crippen molar-refractivity contribution in [2.45, 2.75) is 38.0 Å². The smallest absolute Gasteiger partial charge is 0.395 e. The van der Waals surface area contributed by atoms with E-state index in [1.165, 1.54) is 6.07 Å². The van der Waals surface area contributed by atoms with Crippen LogP contribution in [0.25, 0.3) is 0 Å². The molecule has 0 radical (unpaired) electrons. The van der Waals surface area contributed by atoms with Crippen LogP contribution in [0.3, 0.4) is 0 Å². The number of hydrogen-bond acceptors (Lipinski definition) is 3. The number of hydrogen-bond donors (Lipinski definition) is 2. The predicted octanol–water partition coefficient (Wildman–Crippen LogP) is 2.52. The summed E-state index contributed by atoms with van der Waals surface area (Å²) in [5.41, 5.74) is 6.10. The van der Waals surface area contributed by atoms with Gasteiger partial charge >= 0.3 is 6.18 Å². The van der Waals surface area contributed by atoms with Crippen LogP contribution in [0.15, 0.2) is 18.2 Å². The SMILES string of the molecule is NCc1cc(C(F)(F)F)ccc1N(CCO)C1CCC1. The largest absolute Gasteiger partial charge is 0.416 e. The molecule has 3 N–H and O–H groups in total. The molecule has 1 fully saturated rings. The van der Waals surface area contributed by atoms with Crippen molar-refractivity contribution in [2.75, 3.05) is 18.1 Å². The lowest BCUT2D eigenvalue weighted by molar-refractivity contribution is -0.137. The van der Waals surface area contributed by atoms with Gasteiger partial charge in [0, 0.05) is 24.8 Å². The van der Waals surface area contributed by atoms with Crippen molar-refractivity contribution in [3.05, 3.63) is 29.3 Å². The van der Waals surface area contributed by atoms with Gasteiger partial charge < -0.3 is 15.7 Å². The summed E-state index contributed by atoms with van der Waals surface area (Å²) in [5, 5.41) is 9.16. The van der Waals surface area contributed by atoms with Gasteiger partial charge in [-0.2, -0.15) is 13.2 Å². The third-order valence-electron chi connectivity index (χ3n) is 3.79. The van der Waals surface area contributed by atoms with Crippen molar-refractivity contribution < 1.29 is 18.3 Å². The molecule has 1 saturated carbocycles. The Kier molecular flexibility index (Phi) is 4.55. The van der Waals surface area contributed by atoms with Gasteiger partial charge in [0.2, 0.25) is 0 Å². The molecule has 6 heteroatoms. The highest BCUT2D eigenvalue weighted by Crippen LogP contribution is 2.35. The minimum atomic E-state index is -4.36. The van der Waals surface area contributed by atoms with Gasteiger partial charge in [0.15, 0.2) is 0 Å². The highest BCUT2D eigenvalue weighted by Gasteiger charge is 2.32. The lowest BCUT2D eigenvalue weighted by atomic mass is 9.90. The molecule has 0 aromatic heterocycles. The van der Waals surface area contributed by atoms with E-state index in [1.807, 2.05) is 4.90 Å². The van der Waals surface area contributed by atoms with Gasteiger partial charge in [0.05, 0.1) is 12.2 Å². The summed E-state index contributed by atoms with van der Waals surface area (Å²) in [4.78, 5) is 1.98. The van der Waals surface area contributed by atoms with Crippen LogP contribution in [0.4, 0.5) is 18.9 Å². The molecule has 2 rings (SSSR count). The Morgan fingerprint density at radius 2 is 2.00 bits per heavy atom. The van der Waals surface area contributed by atoms with E-state index in [4.69, 9.17) is 10.8 Å². The summed E-state index contributed by atoms with van der Waals surface area (Å²) in [6.07, 6.45) is -1.23. The summed E-state index contributed by atoms with van der Waals surface area (Å²) >= 11 is 0. The second-order valence-electron chi connectivity index (χ2n) is 5.05. The molecule has 3 nitrogen and oxygen atoms in total. The number of anilines is 1.